The van der Waals surface area contributed by atoms with E-state index in [0.717, 1.165) is 23.3 Å². The number of amides is 1. The third-order valence-corrected chi connectivity index (χ3v) is 5.74. The Morgan fingerprint density at radius 1 is 1.06 bits per heavy atom. The summed E-state index contributed by atoms with van der Waals surface area (Å²) in [6.07, 6.45) is 3.95. The number of rotatable bonds is 3. The van der Waals surface area contributed by atoms with Gasteiger partial charge >= 0.3 is 0 Å². The molecular weight excluding hydrogens is 392 g/mol. The molecule has 0 saturated carbocycles. The summed E-state index contributed by atoms with van der Waals surface area (Å²) in [6.45, 7) is 2.55. The monoisotopic (exact) mass is 412 g/mol. The van der Waals surface area contributed by atoms with E-state index in [0.29, 0.717) is 23.4 Å². The molecule has 0 aliphatic carbocycles. The molecule has 1 N–H and O–H groups in total. The van der Waals surface area contributed by atoms with Gasteiger partial charge in [0.15, 0.2) is 0 Å². The smallest absolute Gasteiger partial charge is 0.300 e. The summed E-state index contributed by atoms with van der Waals surface area (Å²) in [5.41, 5.74) is 3.86. The lowest BCUT2D eigenvalue weighted by Gasteiger charge is -2.25. The van der Waals surface area contributed by atoms with Crippen molar-refractivity contribution in [2.45, 2.75) is 19.4 Å². The molecule has 2 aromatic carbocycles. The van der Waals surface area contributed by atoms with Gasteiger partial charge in [0.2, 0.25) is 0 Å². The Morgan fingerprint density at radius 3 is 2.55 bits per heavy atom. The van der Waals surface area contributed by atoms with Crippen LogP contribution in [0.4, 0.5) is 5.69 Å². The maximum absolute atomic E-state index is 13.1. The molecule has 1 unspecified atom stereocenters. The van der Waals surface area contributed by atoms with Crippen molar-refractivity contribution in [2.75, 3.05) is 11.5 Å². The molecule has 6 nitrogen and oxygen atoms in total. The van der Waals surface area contributed by atoms with Gasteiger partial charge in [0, 0.05) is 30.1 Å². The summed E-state index contributed by atoms with van der Waals surface area (Å²) in [7, 11) is 0. The SMILES string of the molecule is Cc1ccc(N2C(=O)C(=O)/C(=C(\O)c3ccc4c(c3)CCO4)C2c2ccncc2)cc1. The Bertz CT molecular complexity index is 1220. The average molecular weight is 412 g/mol. The molecular formula is C25H20N2O4. The van der Waals surface area contributed by atoms with Crippen LogP contribution in [-0.2, 0) is 16.0 Å². The minimum Gasteiger partial charge on any atom is -0.507 e. The Labute approximate surface area is 179 Å². The number of anilines is 1. The van der Waals surface area contributed by atoms with Crippen LogP contribution in [0.5, 0.6) is 5.75 Å². The minimum absolute atomic E-state index is 0.0654. The molecule has 3 heterocycles. The first kappa shape index (κ1) is 19.1. The highest BCUT2D eigenvalue weighted by Gasteiger charge is 2.47. The van der Waals surface area contributed by atoms with Crippen LogP contribution < -0.4 is 9.64 Å². The highest BCUT2D eigenvalue weighted by Crippen LogP contribution is 2.42. The van der Waals surface area contributed by atoms with Gasteiger partial charge in [0.05, 0.1) is 18.2 Å². The first-order valence-electron chi connectivity index (χ1n) is 10.1. The van der Waals surface area contributed by atoms with Gasteiger partial charge in [-0.05, 0) is 60.5 Å². The van der Waals surface area contributed by atoms with E-state index in [2.05, 4.69) is 4.98 Å². The number of ketones is 1. The number of aromatic nitrogens is 1. The Kier molecular flexibility index (Phi) is 4.55. The zero-order chi connectivity index (χ0) is 21.5. The number of hydrogen-bond acceptors (Lipinski definition) is 5. The van der Waals surface area contributed by atoms with E-state index in [-0.39, 0.29) is 11.3 Å². The summed E-state index contributed by atoms with van der Waals surface area (Å²) in [5.74, 6) is -0.792. The van der Waals surface area contributed by atoms with E-state index in [9.17, 15) is 14.7 Å². The third kappa shape index (κ3) is 3.17. The van der Waals surface area contributed by atoms with Gasteiger partial charge < -0.3 is 9.84 Å². The Morgan fingerprint density at radius 2 is 1.81 bits per heavy atom. The maximum atomic E-state index is 13.1. The predicted molar refractivity (Wildman–Crippen MR) is 116 cm³/mol. The second kappa shape index (κ2) is 7.40. The van der Waals surface area contributed by atoms with Gasteiger partial charge in [-0.2, -0.15) is 0 Å². The summed E-state index contributed by atoms with van der Waals surface area (Å²) < 4.78 is 5.54. The van der Waals surface area contributed by atoms with E-state index in [1.54, 1.807) is 48.8 Å². The molecule has 1 saturated heterocycles. The van der Waals surface area contributed by atoms with Crippen molar-refractivity contribution in [3.8, 4) is 5.75 Å². The van der Waals surface area contributed by atoms with E-state index >= 15 is 0 Å². The molecule has 1 atom stereocenters. The zero-order valence-electron chi connectivity index (χ0n) is 16.9. The van der Waals surface area contributed by atoms with Crippen LogP contribution in [-0.4, -0.2) is 28.4 Å². The van der Waals surface area contributed by atoms with E-state index in [1.165, 1.54) is 4.90 Å². The van der Waals surface area contributed by atoms with Gasteiger partial charge in [-0.1, -0.05) is 17.7 Å². The zero-order valence-corrected chi connectivity index (χ0v) is 16.9. The van der Waals surface area contributed by atoms with Gasteiger partial charge in [-0.15, -0.1) is 0 Å². The summed E-state index contributed by atoms with van der Waals surface area (Å²) in [4.78, 5) is 31.7. The van der Waals surface area contributed by atoms with Crippen LogP contribution in [0.1, 0.15) is 28.3 Å². The standard InChI is InChI=1S/C25H20N2O4/c1-15-2-5-19(6-3-15)27-22(16-8-11-26-12-9-16)21(24(29)25(27)30)23(28)18-4-7-20-17(14-18)10-13-31-20/h2-9,11-12,14,22,28H,10,13H2,1H3/b23-21-. The Balaban J connectivity index is 1.69. The topological polar surface area (TPSA) is 79.7 Å². The van der Waals surface area contributed by atoms with Crippen LogP contribution in [0.15, 0.2) is 72.6 Å². The highest BCUT2D eigenvalue weighted by atomic mass is 16.5. The molecule has 5 rings (SSSR count). The van der Waals surface area contributed by atoms with E-state index in [4.69, 9.17) is 4.74 Å². The second-order valence-corrected chi connectivity index (χ2v) is 7.71. The van der Waals surface area contributed by atoms with Crippen molar-refractivity contribution in [1.29, 1.82) is 0 Å². The van der Waals surface area contributed by atoms with Crippen LogP contribution in [0.25, 0.3) is 5.76 Å². The molecule has 0 spiro atoms. The van der Waals surface area contributed by atoms with E-state index < -0.39 is 17.7 Å². The first-order valence-corrected chi connectivity index (χ1v) is 10.1. The number of fused-ring (bicyclic) bond motifs is 1. The van der Waals surface area contributed by atoms with Crippen LogP contribution in [0.2, 0.25) is 0 Å². The van der Waals surface area contributed by atoms with Crippen molar-refractivity contribution in [3.05, 3.63) is 94.8 Å². The Hall–Kier alpha value is -3.93. The quantitative estimate of drug-likeness (QED) is 0.400. The minimum atomic E-state index is -0.754. The van der Waals surface area contributed by atoms with Crippen molar-refractivity contribution in [3.63, 3.8) is 0 Å². The number of ether oxygens (including phenoxy) is 1. The number of aliphatic hydroxyl groups excluding tert-OH is 1. The fraction of sp³-hybridized carbons (Fsp3) is 0.160. The molecule has 0 bridgehead atoms. The van der Waals surface area contributed by atoms with Gasteiger partial charge in [0.25, 0.3) is 11.7 Å². The molecule has 0 radical (unpaired) electrons. The second-order valence-electron chi connectivity index (χ2n) is 7.71. The van der Waals surface area contributed by atoms with Crippen LogP contribution >= 0.6 is 0 Å². The fourth-order valence-electron chi connectivity index (χ4n) is 4.15. The van der Waals surface area contributed by atoms with Crippen molar-refractivity contribution in [2.24, 2.45) is 0 Å². The lowest BCUT2D eigenvalue weighted by atomic mass is 9.95. The molecule has 31 heavy (non-hydrogen) atoms. The number of pyridine rings is 1. The van der Waals surface area contributed by atoms with Crippen molar-refractivity contribution >= 4 is 23.1 Å². The summed E-state index contributed by atoms with van der Waals surface area (Å²) >= 11 is 0. The van der Waals surface area contributed by atoms with Gasteiger partial charge in [0.1, 0.15) is 11.5 Å². The lowest BCUT2D eigenvalue weighted by Crippen LogP contribution is -2.29. The molecule has 2 aliphatic heterocycles. The molecule has 3 aromatic rings. The lowest BCUT2D eigenvalue weighted by molar-refractivity contribution is -0.132. The third-order valence-electron chi connectivity index (χ3n) is 5.74. The molecule has 1 aromatic heterocycles. The molecule has 6 heteroatoms. The number of carbonyl (C=O) groups excluding carboxylic acids is 2. The molecule has 1 amide bonds. The molecule has 1 fully saturated rings. The number of nitrogens with zero attached hydrogens (tertiary/aromatic N) is 2. The van der Waals surface area contributed by atoms with Gasteiger partial charge in [-0.3, -0.25) is 19.5 Å². The predicted octanol–water partition coefficient (Wildman–Crippen LogP) is 3.95. The number of carbonyl (C=O) groups is 2. The maximum Gasteiger partial charge on any atom is 0.300 e. The summed E-state index contributed by atoms with van der Waals surface area (Å²) in [5, 5.41) is 11.2. The van der Waals surface area contributed by atoms with Crippen LogP contribution in [0.3, 0.4) is 0 Å². The van der Waals surface area contributed by atoms with Crippen molar-refractivity contribution < 1.29 is 19.4 Å². The highest BCUT2D eigenvalue weighted by molar-refractivity contribution is 6.51. The summed E-state index contributed by atoms with van der Waals surface area (Å²) in [6, 6.07) is 15.5. The normalized spacial score (nSPS) is 19.4. The number of hydrogen-bond donors (Lipinski definition) is 1. The van der Waals surface area contributed by atoms with Crippen LogP contribution in [0, 0.1) is 6.92 Å². The average Bonchev–Trinajstić information content (AvgIpc) is 3.37. The number of aliphatic hydroxyl groups is 1. The number of benzene rings is 2. The van der Waals surface area contributed by atoms with E-state index in [1.807, 2.05) is 25.1 Å². The van der Waals surface area contributed by atoms with Crippen molar-refractivity contribution in [1.82, 2.24) is 4.98 Å². The fourth-order valence-corrected chi connectivity index (χ4v) is 4.15. The largest absolute Gasteiger partial charge is 0.507 e. The number of Topliss-reactive ketones (excluding diaryl/α,β-unsaturated/α-hetero) is 1. The number of aryl methyl sites for hydroxylation is 1. The molecule has 2 aliphatic rings. The van der Waals surface area contributed by atoms with Gasteiger partial charge in [-0.25, -0.2) is 0 Å². The molecule has 154 valence electrons. The first-order chi connectivity index (χ1) is 15.0.